The molecule has 0 aliphatic rings. The minimum atomic E-state index is -4.47. The number of phosphoric acid groups is 1. The summed E-state index contributed by atoms with van der Waals surface area (Å²) in [5, 5.41) is 3.07. The zero-order valence-corrected chi connectivity index (χ0v) is 58.4. The molecule has 3 atom stereocenters. The van der Waals surface area contributed by atoms with Crippen LogP contribution in [0.1, 0.15) is 316 Å². The zero-order valence-electron chi connectivity index (χ0n) is 57.5. The minimum Gasteiger partial charge on any atom is -0.456 e. The van der Waals surface area contributed by atoms with Gasteiger partial charge < -0.3 is 19.4 Å². The molecule has 0 aliphatic heterocycles. The molecule has 0 saturated heterocycles. The average Bonchev–Trinajstić information content (AvgIpc) is 3.69. The van der Waals surface area contributed by atoms with Gasteiger partial charge in [-0.25, -0.2) is 4.57 Å². The highest BCUT2D eigenvalue weighted by Gasteiger charge is 2.30. The van der Waals surface area contributed by atoms with Gasteiger partial charge in [-0.3, -0.25) is 18.6 Å². The number of nitrogens with zero attached hydrogens (tertiary/aromatic N) is 1. The summed E-state index contributed by atoms with van der Waals surface area (Å²) in [7, 11) is 1.48. The van der Waals surface area contributed by atoms with Crippen LogP contribution in [-0.4, -0.2) is 74.3 Å². The van der Waals surface area contributed by atoms with Crippen molar-refractivity contribution in [3.8, 4) is 0 Å². The molecule has 0 heterocycles. The van der Waals surface area contributed by atoms with Gasteiger partial charge in [0.1, 0.15) is 19.3 Å². The fourth-order valence-electron chi connectivity index (χ4n) is 10.2. The molecule has 0 rings (SSSR count). The molecule has 2 N–H and O–H groups in total. The molecule has 0 saturated carbocycles. The summed E-state index contributed by atoms with van der Waals surface area (Å²) < 4.78 is 30.9. The second-order valence-corrected chi connectivity index (χ2v) is 26.8. The van der Waals surface area contributed by atoms with Crippen LogP contribution in [-0.2, 0) is 27.9 Å². The molecule has 3 unspecified atom stereocenters. The number of unbranched alkanes of at least 4 members (excludes halogenated alkanes) is 33. The van der Waals surface area contributed by atoms with Crippen molar-refractivity contribution < 1.29 is 37.3 Å². The Bertz CT molecular complexity index is 1860. The van der Waals surface area contributed by atoms with E-state index >= 15 is 0 Å². The fourth-order valence-corrected chi connectivity index (χ4v) is 10.9. The first-order valence-corrected chi connectivity index (χ1v) is 37.7. The van der Waals surface area contributed by atoms with Crippen molar-refractivity contribution >= 4 is 19.7 Å². The number of carbonyl (C=O) groups excluding carboxylic acids is 2. The number of quaternary nitrogens is 1. The summed E-state index contributed by atoms with van der Waals surface area (Å²) in [5.74, 6) is -0.517. The lowest BCUT2D eigenvalue weighted by atomic mass is 10.0. The average molecular weight is 1230 g/mol. The first-order chi connectivity index (χ1) is 42.4. The van der Waals surface area contributed by atoms with Gasteiger partial charge in [0.25, 0.3) is 0 Å². The van der Waals surface area contributed by atoms with Crippen LogP contribution in [0, 0.1) is 0 Å². The van der Waals surface area contributed by atoms with Gasteiger partial charge in [-0.2, -0.15) is 0 Å². The van der Waals surface area contributed by atoms with Gasteiger partial charge in [0.05, 0.1) is 33.8 Å². The second-order valence-electron chi connectivity index (χ2n) is 25.4. The van der Waals surface area contributed by atoms with Crippen LogP contribution in [0.3, 0.4) is 0 Å². The number of ether oxygens (including phenoxy) is 1. The van der Waals surface area contributed by atoms with E-state index < -0.39 is 20.0 Å². The van der Waals surface area contributed by atoms with E-state index in [1.165, 1.54) is 167 Å². The van der Waals surface area contributed by atoms with E-state index in [1.807, 2.05) is 33.3 Å². The number of allylic oxidation sites excluding steroid dienone is 17. The first kappa shape index (κ1) is 83.7. The maximum Gasteiger partial charge on any atom is 0.472 e. The van der Waals surface area contributed by atoms with Gasteiger partial charge in [0.2, 0.25) is 5.91 Å². The van der Waals surface area contributed by atoms with Crippen molar-refractivity contribution in [3.63, 3.8) is 0 Å². The van der Waals surface area contributed by atoms with Crippen LogP contribution in [0.5, 0.6) is 0 Å². The number of rotatable bonds is 65. The van der Waals surface area contributed by atoms with Gasteiger partial charge in [-0.15, -0.1) is 0 Å². The first-order valence-electron chi connectivity index (χ1n) is 36.2. The third-order valence-corrected chi connectivity index (χ3v) is 16.7. The Balaban J connectivity index is 5.12. The molecule has 502 valence electrons. The van der Waals surface area contributed by atoms with Crippen molar-refractivity contribution in [2.45, 2.75) is 328 Å². The largest absolute Gasteiger partial charge is 0.472 e. The highest BCUT2D eigenvalue weighted by Crippen LogP contribution is 2.43. The molecule has 9 nitrogen and oxygen atoms in total. The van der Waals surface area contributed by atoms with Crippen LogP contribution < -0.4 is 5.32 Å². The quantitative estimate of drug-likeness (QED) is 0.0205. The molecule has 0 spiro atoms. The molecule has 10 heteroatoms. The molecule has 0 aromatic rings. The highest BCUT2D eigenvalue weighted by molar-refractivity contribution is 7.47. The Morgan fingerprint density at radius 3 is 1.13 bits per heavy atom. The normalized spacial score (nSPS) is 14.1. The van der Waals surface area contributed by atoms with Gasteiger partial charge in [-0.1, -0.05) is 297 Å². The molecule has 87 heavy (non-hydrogen) atoms. The van der Waals surface area contributed by atoms with Crippen LogP contribution in [0.15, 0.2) is 109 Å². The number of phosphoric ester groups is 1. The van der Waals surface area contributed by atoms with Crippen molar-refractivity contribution in [1.82, 2.24) is 5.32 Å². The standard InChI is InChI=1S/C77H137N2O7P/c1-7-10-13-16-19-22-25-28-30-32-34-36-38-39-41-43-45-47-49-52-55-58-61-64-67-70-77(81)86-75(68-65-62-59-56-53-50-27-24-21-18-15-12-9-3)74(73-85-87(82,83)84-72-71-79(4,5)6)78-76(80)69-66-63-60-57-54-51-48-46-44-42-40-37-35-33-31-29-26-23-20-17-14-11-8-2/h11,14,19-20,22-23,28-31,34-37,42,44,65,68,74-75H,7-10,12-13,15-18,21,24-27,32-33,38-41,43,45-64,66-67,69-73H2,1-6H3,(H-,78,80,82,83)/p+1/b14-11-,22-19-,23-20-,30-28-,31-29-,36-34-,37-35-,44-42-,68-65+. The topological polar surface area (TPSA) is 111 Å². The molecular formula is C77H138N2O7P+. The van der Waals surface area contributed by atoms with Crippen molar-refractivity contribution in [1.29, 1.82) is 0 Å². The molecular weight excluding hydrogens is 1100 g/mol. The number of carbonyl (C=O) groups is 2. The van der Waals surface area contributed by atoms with Gasteiger partial charge >= 0.3 is 13.8 Å². The SMILES string of the molecule is CC/C=C\C/C=C\C/C=C\C/C=C\C/C=C\CCCCCCCCCC(=O)NC(COP(=O)(O)OCC[N+](C)(C)C)C(/C=C/CCCCCCCCCCCCC)OC(=O)CCCCCCCCCCCCCC/C=C\C/C=C\C/C=C\CCCCC. The molecule has 0 fully saturated rings. The predicted molar refractivity (Wildman–Crippen MR) is 378 cm³/mol. The van der Waals surface area contributed by atoms with Crippen molar-refractivity contribution in [2.75, 3.05) is 40.9 Å². The van der Waals surface area contributed by atoms with E-state index in [-0.39, 0.29) is 31.5 Å². The molecule has 0 aliphatic carbocycles. The van der Waals surface area contributed by atoms with Gasteiger partial charge in [-0.05, 0) is 115 Å². The van der Waals surface area contributed by atoms with Crippen LogP contribution in [0.2, 0.25) is 0 Å². The van der Waals surface area contributed by atoms with E-state index in [2.05, 4.69) is 123 Å². The van der Waals surface area contributed by atoms with Crippen LogP contribution in [0.4, 0.5) is 0 Å². The Hall–Kier alpha value is -3.33. The summed E-state index contributed by atoms with van der Waals surface area (Å²) in [6.07, 6.45) is 90.9. The smallest absolute Gasteiger partial charge is 0.456 e. The monoisotopic (exact) mass is 1230 g/mol. The number of amides is 1. The van der Waals surface area contributed by atoms with Crippen LogP contribution >= 0.6 is 7.82 Å². The molecule has 0 aromatic heterocycles. The number of nitrogens with one attached hydrogen (secondary N) is 1. The Morgan fingerprint density at radius 1 is 0.414 bits per heavy atom. The second kappa shape index (κ2) is 65.6. The maximum atomic E-state index is 13.6. The lowest BCUT2D eigenvalue weighted by Gasteiger charge is -2.27. The molecule has 0 radical (unpaired) electrons. The van der Waals surface area contributed by atoms with Gasteiger partial charge in [0, 0.05) is 12.8 Å². The van der Waals surface area contributed by atoms with Crippen molar-refractivity contribution in [2.24, 2.45) is 0 Å². The zero-order chi connectivity index (χ0) is 63.5. The lowest BCUT2D eigenvalue weighted by molar-refractivity contribution is -0.870. The number of hydrogen-bond acceptors (Lipinski definition) is 6. The van der Waals surface area contributed by atoms with Crippen LogP contribution in [0.25, 0.3) is 0 Å². The van der Waals surface area contributed by atoms with E-state index in [0.717, 1.165) is 116 Å². The summed E-state index contributed by atoms with van der Waals surface area (Å²) in [4.78, 5) is 38.0. The number of esters is 1. The summed E-state index contributed by atoms with van der Waals surface area (Å²) in [5.41, 5.74) is 0. The van der Waals surface area contributed by atoms with Crippen molar-refractivity contribution in [3.05, 3.63) is 109 Å². The van der Waals surface area contributed by atoms with E-state index in [9.17, 15) is 19.0 Å². The Morgan fingerprint density at radius 2 is 0.736 bits per heavy atom. The Kier molecular flexibility index (Phi) is 63.1. The van der Waals surface area contributed by atoms with E-state index in [4.69, 9.17) is 13.8 Å². The van der Waals surface area contributed by atoms with E-state index in [1.54, 1.807) is 0 Å². The maximum absolute atomic E-state index is 13.6. The number of hydrogen-bond donors (Lipinski definition) is 2. The third-order valence-electron chi connectivity index (χ3n) is 15.7. The predicted octanol–water partition coefficient (Wildman–Crippen LogP) is 23.2. The fraction of sp³-hybridized carbons (Fsp3) is 0.740. The number of likely N-dealkylation sites (N-methyl/N-ethyl adjacent to an activating group) is 1. The third kappa shape index (κ3) is 66.9. The summed E-state index contributed by atoms with van der Waals surface area (Å²) >= 11 is 0. The molecule has 1 amide bonds. The summed E-state index contributed by atoms with van der Waals surface area (Å²) in [6, 6.07) is -0.863. The molecule has 0 aromatic carbocycles. The minimum absolute atomic E-state index is 0.0331. The molecule has 0 bridgehead atoms. The highest BCUT2D eigenvalue weighted by atomic mass is 31.2. The lowest BCUT2D eigenvalue weighted by Crippen LogP contribution is -2.47. The Labute approximate surface area is 538 Å². The summed E-state index contributed by atoms with van der Waals surface area (Å²) in [6.45, 7) is 6.88. The van der Waals surface area contributed by atoms with E-state index in [0.29, 0.717) is 17.4 Å². The van der Waals surface area contributed by atoms with Gasteiger partial charge in [0.15, 0.2) is 0 Å².